The van der Waals surface area contributed by atoms with Gasteiger partial charge in [0.25, 0.3) is 0 Å². The summed E-state index contributed by atoms with van der Waals surface area (Å²) in [4.78, 5) is 13.8. The van der Waals surface area contributed by atoms with Crippen LogP contribution in [-0.2, 0) is 4.79 Å². The van der Waals surface area contributed by atoms with E-state index in [2.05, 4.69) is 17.1 Å². The van der Waals surface area contributed by atoms with Gasteiger partial charge in [0.1, 0.15) is 0 Å². The molecule has 1 aliphatic heterocycles. The topological polar surface area (TPSA) is 58.4 Å². The maximum atomic E-state index is 11.3. The zero-order valence-corrected chi connectivity index (χ0v) is 13.0. The molecule has 0 aromatic heterocycles. The Morgan fingerprint density at radius 2 is 1.94 bits per heavy atom. The Kier molecular flexibility index (Phi) is 12.2. The normalized spacial score (nSPS) is 18.4. The van der Waals surface area contributed by atoms with Crippen LogP contribution in [-0.4, -0.2) is 43.0 Å². The third-order valence-corrected chi connectivity index (χ3v) is 3.23. The zero-order valence-electron chi connectivity index (χ0n) is 11.4. The molecule has 0 aromatic carbocycles. The molecule has 0 aliphatic carbocycles. The summed E-state index contributed by atoms with van der Waals surface area (Å²) in [6.45, 7) is 8.28. The van der Waals surface area contributed by atoms with E-state index in [9.17, 15) is 4.79 Å². The summed E-state index contributed by atoms with van der Waals surface area (Å²) in [6, 6.07) is -0.389. The van der Waals surface area contributed by atoms with Gasteiger partial charge in [-0.05, 0) is 51.7 Å². The first kappa shape index (κ1) is 20.3. The fraction of sp³-hybridized carbons (Fsp3) is 0.917. The van der Waals surface area contributed by atoms with Crippen molar-refractivity contribution in [3.8, 4) is 0 Å². The van der Waals surface area contributed by atoms with E-state index >= 15 is 0 Å². The van der Waals surface area contributed by atoms with Crippen LogP contribution < -0.4 is 11.1 Å². The molecule has 18 heavy (non-hydrogen) atoms. The van der Waals surface area contributed by atoms with Gasteiger partial charge in [-0.25, -0.2) is 0 Å². The first-order valence-electron chi connectivity index (χ1n) is 6.39. The Labute approximate surface area is 123 Å². The van der Waals surface area contributed by atoms with Gasteiger partial charge in [-0.2, -0.15) is 0 Å². The van der Waals surface area contributed by atoms with Crippen LogP contribution in [0.1, 0.15) is 33.1 Å². The van der Waals surface area contributed by atoms with E-state index in [1.807, 2.05) is 0 Å². The Bertz CT molecular complexity index is 219. The molecule has 1 rings (SSSR count). The average Bonchev–Trinajstić information content (AvgIpc) is 2.28. The van der Waals surface area contributed by atoms with E-state index in [-0.39, 0.29) is 36.8 Å². The van der Waals surface area contributed by atoms with Crippen LogP contribution in [0.4, 0.5) is 0 Å². The first-order chi connectivity index (χ1) is 7.63. The minimum Gasteiger partial charge on any atom is -0.354 e. The zero-order chi connectivity index (χ0) is 12.0. The summed E-state index contributed by atoms with van der Waals surface area (Å²) >= 11 is 0. The summed E-state index contributed by atoms with van der Waals surface area (Å²) in [7, 11) is 0. The second kappa shape index (κ2) is 10.9. The molecule has 4 nitrogen and oxygen atoms in total. The maximum Gasteiger partial charge on any atom is 0.236 e. The summed E-state index contributed by atoms with van der Waals surface area (Å²) in [5.74, 6) is 0.604. The molecule has 3 N–H and O–H groups in total. The number of carbonyl (C=O) groups is 1. The van der Waals surface area contributed by atoms with Gasteiger partial charge in [0.05, 0.1) is 6.04 Å². The van der Waals surface area contributed by atoms with E-state index in [0.717, 1.165) is 6.54 Å². The molecule has 0 spiro atoms. The third kappa shape index (κ3) is 7.41. The third-order valence-electron chi connectivity index (χ3n) is 3.23. The fourth-order valence-corrected chi connectivity index (χ4v) is 2.14. The van der Waals surface area contributed by atoms with E-state index in [0.29, 0.717) is 5.92 Å². The van der Waals surface area contributed by atoms with Gasteiger partial charge >= 0.3 is 0 Å². The molecular formula is C12H27Cl2N3O. The second-order valence-corrected chi connectivity index (χ2v) is 4.82. The van der Waals surface area contributed by atoms with Gasteiger partial charge in [-0.15, -0.1) is 24.8 Å². The molecular weight excluding hydrogens is 273 g/mol. The summed E-state index contributed by atoms with van der Waals surface area (Å²) in [5, 5.41) is 2.92. The van der Waals surface area contributed by atoms with Crippen LogP contribution in [0.15, 0.2) is 0 Å². The largest absolute Gasteiger partial charge is 0.354 e. The quantitative estimate of drug-likeness (QED) is 0.807. The Morgan fingerprint density at radius 3 is 2.39 bits per heavy atom. The first-order valence-corrected chi connectivity index (χ1v) is 6.39. The molecule has 1 fully saturated rings. The lowest BCUT2D eigenvalue weighted by molar-refractivity contribution is -0.122. The van der Waals surface area contributed by atoms with Gasteiger partial charge in [0, 0.05) is 6.54 Å². The number of rotatable bonds is 5. The van der Waals surface area contributed by atoms with E-state index in [1.165, 1.54) is 38.9 Å². The number of piperidine rings is 1. The van der Waals surface area contributed by atoms with Gasteiger partial charge in [0.15, 0.2) is 0 Å². The highest BCUT2D eigenvalue weighted by atomic mass is 35.5. The van der Waals surface area contributed by atoms with Crippen LogP contribution in [0.2, 0.25) is 0 Å². The smallest absolute Gasteiger partial charge is 0.236 e. The van der Waals surface area contributed by atoms with Crippen LogP contribution in [0.5, 0.6) is 0 Å². The van der Waals surface area contributed by atoms with Crippen molar-refractivity contribution in [1.82, 2.24) is 10.2 Å². The van der Waals surface area contributed by atoms with Crippen LogP contribution in [0.3, 0.4) is 0 Å². The summed E-state index contributed by atoms with van der Waals surface area (Å²) < 4.78 is 0. The Hall–Kier alpha value is -0.0300. The molecule has 110 valence electrons. The molecule has 1 heterocycles. The molecule has 6 heteroatoms. The number of hydrogen-bond acceptors (Lipinski definition) is 3. The number of halogens is 2. The maximum absolute atomic E-state index is 11.3. The summed E-state index contributed by atoms with van der Waals surface area (Å²) in [5.41, 5.74) is 5.49. The highest BCUT2D eigenvalue weighted by Crippen LogP contribution is 2.16. The van der Waals surface area contributed by atoms with Crippen LogP contribution >= 0.6 is 24.8 Å². The fourth-order valence-electron chi connectivity index (χ4n) is 2.14. The van der Waals surface area contributed by atoms with Crippen LogP contribution in [0.25, 0.3) is 0 Å². The summed E-state index contributed by atoms with van der Waals surface area (Å²) in [6.07, 6.45) is 3.62. The monoisotopic (exact) mass is 299 g/mol. The SMILES string of the molecule is CCCN1CCC(CNC(=O)[C@@H](C)N)CC1.Cl.Cl. The van der Waals surface area contributed by atoms with Gasteiger partial charge in [-0.1, -0.05) is 6.92 Å². The average molecular weight is 300 g/mol. The lowest BCUT2D eigenvalue weighted by atomic mass is 9.96. The molecule has 1 amide bonds. The number of hydrogen-bond donors (Lipinski definition) is 2. The Morgan fingerprint density at radius 1 is 1.39 bits per heavy atom. The number of carbonyl (C=O) groups excluding carboxylic acids is 1. The molecule has 1 aliphatic rings. The molecule has 0 radical (unpaired) electrons. The van der Waals surface area contributed by atoms with E-state index in [4.69, 9.17) is 5.73 Å². The minimum atomic E-state index is -0.389. The number of nitrogens with one attached hydrogen (secondary N) is 1. The van der Waals surface area contributed by atoms with E-state index in [1.54, 1.807) is 6.92 Å². The van der Waals surface area contributed by atoms with E-state index < -0.39 is 0 Å². The van der Waals surface area contributed by atoms with Crippen molar-refractivity contribution in [1.29, 1.82) is 0 Å². The molecule has 0 bridgehead atoms. The van der Waals surface area contributed by atoms with Crippen molar-refractivity contribution < 1.29 is 4.79 Å². The highest BCUT2D eigenvalue weighted by molar-refractivity contribution is 5.85. The number of nitrogens with two attached hydrogens (primary N) is 1. The molecule has 0 aromatic rings. The van der Waals surface area contributed by atoms with Gasteiger partial charge in [-0.3, -0.25) is 4.79 Å². The lowest BCUT2D eigenvalue weighted by Gasteiger charge is -2.31. The molecule has 1 saturated heterocycles. The van der Waals surface area contributed by atoms with Gasteiger partial charge < -0.3 is 16.0 Å². The number of amides is 1. The minimum absolute atomic E-state index is 0. The molecule has 0 saturated carbocycles. The van der Waals surface area contributed by atoms with Crippen molar-refractivity contribution in [2.24, 2.45) is 11.7 Å². The predicted molar refractivity (Wildman–Crippen MR) is 80.6 cm³/mol. The number of likely N-dealkylation sites (tertiary alicyclic amines) is 1. The highest BCUT2D eigenvalue weighted by Gasteiger charge is 2.19. The predicted octanol–water partition coefficient (Wildman–Crippen LogP) is 1.42. The van der Waals surface area contributed by atoms with Crippen LogP contribution in [0, 0.1) is 5.92 Å². The second-order valence-electron chi connectivity index (χ2n) is 4.82. The van der Waals surface area contributed by atoms with Crippen molar-refractivity contribution in [3.63, 3.8) is 0 Å². The standard InChI is InChI=1S/C12H25N3O.2ClH/c1-3-6-15-7-4-11(5-8-15)9-14-12(16)10(2)13;;/h10-11H,3-9,13H2,1-2H3,(H,14,16);2*1H/t10-;;/m1../s1. The lowest BCUT2D eigenvalue weighted by Crippen LogP contribution is -2.43. The number of nitrogens with zero attached hydrogens (tertiary/aromatic N) is 1. The van der Waals surface area contributed by atoms with Crippen molar-refractivity contribution in [3.05, 3.63) is 0 Å². The van der Waals surface area contributed by atoms with Gasteiger partial charge in [0.2, 0.25) is 5.91 Å². The van der Waals surface area contributed by atoms with Crippen molar-refractivity contribution in [2.45, 2.75) is 39.2 Å². The molecule has 1 atom stereocenters. The van der Waals surface area contributed by atoms with Crippen molar-refractivity contribution in [2.75, 3.05) is 26.2 Å². The van der Waals surface area contributed by atoms with Crippen molar-refractivity contribution >= 4 is 30.7 Å². The molecule has 0 unspecified atom stereocenters. The Balaban J connectivity index is 0.